The van der Waals surface area contributed by atoms with Gasteiger partial charge in [-0.2, -0.15) is 0 Å². The number of amides is 2. The Morgan fingerprint density at radius 3 is 2.97 bits per heavy atom. The molecule has 0 bridgehead atoms. The minimum atomic E-state index is -0.180. The van der Waals surface area contributed by atoms with Crippen LogP contribution in [0.2, 0.25) is 0 Å². The molecule has 1 aromatic carbocycles. The number of nitrogens with one attached hydrogen (secondary N) is 1. The lowest BCUT2D eigenvalue weighted by Gasteiger charge is -2.21. The van der Waals surface area contributed by atoms with E-state index in [-0.39, 0.29) is 30.9 Å². The molecular weight excluding hydrogens is 388 g/mol. The third-order valence-corrected chi connectivity index (χ3v) is 4.71. The van der Waals surface area contributed by atoms with E-state index >= 15 is 0 Å². The summed E-state index contributed by atoms with van der Waals surface area (Å²) in [5, 5.41) is 10.8. The van der Waals surface area contributed by atoms with Crippen LogP contribution < -0.4 is 10.1 Å². The van der Waals surface area contributed by atoms with Crippen molar-refractivity contribution in [1.82, 2.24) is 15.1 Å². The van der Waals surface area contributed by atoms with E-state index in [0.717, 1.165) is 17.7 Å². The van der Waals surface area contributed by atoms with Crippen molar-refractivity contribution >= 4 is 17.5 Å². The number of aryl methyl sites for hydroxylation is 1. The van der Waals surface area contributed by atoms with Gasteiger partial charge in [0.05, 0.1) is 12.8 Å². The molecule has 9 heteroatoms. The van der Waals surface area contributed by atoms with Gasteiger partial charge < -0.3 is 23.8 Å². The SMILES string of the molecule is CCCN(Cc1nnc(-c2ccco2)o1)C(=O)COc1ccc2c(c1)CCC(=O)N2. The minimum Gasteiger partial charge on any atom is -0.484 e. The molecule has 0 saturated carbocycles. The third-order valence-electron chi connectivity index (χ3n) is 4.71. The summed E-state index contributed by atoms with van der Waals surface area (Å²) in [5.41, 5.74) is 1.79. The van der Waals surface area contributed by atoms with E-state index in [1.807, 2.05) is 13.0 Å². The van der Waals surface area contributed by atoms with Gasteiger partial charge in [-0.3, -0.25) is 9.59 Å². The van der Waals surface area contributed by atoms with Gasteiger partial charge in [0, 0.05) is 18.7 Å². The van der Waals surface area contributed by atoms with E-state index in [2.05, 4.69) is 15.5 Å². The average molecular weight is 410 g/mol. The highest BCUT2D eigenvalue weighted by molar-refractivity contribution is 5.94. The summed E-state index contributed by atoms with van der Waals surface area (Å²) >= 11 is 0. The molecule has 1 aliphatic rings. The molecule has 156 valence electrons. The van der Waals surface area contributed by atoms with Crippen molar-refractivity contribution in [2.75, 3.05) is 18.5 Å². The topological polar surface area (TPSA) is 111 Å². The lowest BCUT2D eigenvalue weighted by atomic mass is 10.0. The van der Waals surface area contributed by atoms with Gasteiger partial charge in [-0.1, -0.05) is 6.92 Å². The summed E-state index contributed by atoms with van der Waals surface area (Å²) in [7, 11) is 0. The Kier molecular flexibility index (Phi) is 5.78. The molecule has 0 unspecified atom stereocenters. The van der Waals surface area contributed by atoms with Crippen molar-refractivity contribution in [3.8, 4) is 17.4 Å². The van der Waals surface area contributed by atoms with Crippen LogP contribution in [0.5, 0.6) is 5.75 Å². The fraction of sp³-hybridized carbons (Fsp3) is 0.333. The molecule has 0 atom stereocenters. The highest BCUT2D eigenvalue weighted by Gasteiger charge is 2.20. The molecule has 2 amide bonds. The molecule has 3 aromatic rings. The maximum Gasteiger partial charge on any atom is 0.283 e. The number of benzene rings is 1. The highest BCUT2D eigenvalue weighted by atomic mass is 16.5. The zero-order chi connectivity index (χ0) is 20.9. The molecule has 3 heterocycles. The zero-order valence-corrected chi connectivity index (χ0v) is 16.6. The Hall–Kier alpha value is -3.62. The van der Waals surface area contributed by atoms with Crippen LogP contribution in [0.4, 0.5) is 5.69 Å². The molecule has 0 aliphatic carbocycles. The molecule has 0 spiro atoms. The predicted octanol–water partition coefficient (Wildman–Crippen LogP) is 3.03. The number of furan rings is 1. The molecule has 30 heavy (non-hydrogen) atoms. The van der Waals surface area contributed by atoms with Gasteiger partial charge >= 0.3 is 0 Å². The van der Waals surface area contributed by atoms with Gasteiger partial charge in [0.2, 0.25) is 11.8 Å². The number of rotatable bonds is 8. The van der Waals surface area contributed by atoms with E-state index in [4.69, 9.17) is 13.6 Å². The molecule has 2 aromatic heterocycles. The second-order valence-corrected chi connectivity index (χ2v) is 6.95. The summed E-state index contributed by atoms with van der Waals surface area (Å²) in [6, 6.07) is 8.86. The van der Waals surface area contributed by atoms with Gasteiger partial charge in [-0.25, -0.2) is 0 Å². The number of carbonyl (C=O) groups is 2. The Morgan fingerprint density at radius 2 is 2.17 bits per heavy atom. The van der Waals surface area contributed by atoms with Crippen LogP contribution >= 0.6 is 0 Å². The normalized spacial score (nSPS) is 12.9. The van der Waals surface area contributed by atoms with Gasteiger partial charge in [-0.15, -0.1) is 10.2 Å². The first-order valence-electron chi connectivity index (χ1n) is 9.82. The van der Waals surface area contributed by atoms with Crippen molar-refractivity contribution in [1.29, 1.82) is 0 Å². The summed E-state index contributed by atoms with van der Waals surface area (Å²) in [5.74, 6) is 1.50. The van der Waals surface area contributed by atoms with Crippen LogP contribution in [0.15, 0.2) is 45.4 Å². The minimum absolute atomic E-state index is 0.0118. The monoisotopic (exact) mass is 410 g/mol. The van der Waals surface area contributed by atoms with Crippen molar-refractivity contribution in [2.45, 2.75) is 32.7 Å². The Morgan fingerprint density at radius 1 is 1.27 bits per heavy atom. The standard InChI is InChI=1S/C21H22N4O5/c1-2-9-25(12-19-23-24-21(30-19)17-4-3-10-28-17)20(27)13-29-15-6-7-16-14(11-15)5-8-18(26)22-16/h3-4,6-7,10-11H,2,5,8-9,12-13H2,1H3,(H,22,26). The lowest BCUT2D eigenvalue weighted by molar-refractivity contribution is -0.134. The van der Waals surface area contributed by atoms with Gasteiger partial charge in [0.15, 0.2) is 12.4 Å². The Bertz CT molecular complexity index is 1030. The van der Waals surface area contributed by atoms with Crippen LogP contribution in [-0.2, 0) is 22.6 Å². The van der Waals surface area contributed by atoms with Gasteiger partial charge in [-0.05, 0) is 48.7 Å². The number of fused-ring (bicyclic) bond motifs is 1. The lowest BCUT2D eigenvalue weighted by Crippen LogP contribution is -2.35. The molecule has 1 aliphatic heterocycles. The molecule has 0 saturated heterocycles. The van der Waals surface area contributed by atoms with Crippen molar-refractivity contribution < 1.29 is 23.2 Å². The predicted molar refractivity (Wildman–Crippen MR) is 107 cm³/mol. The van der Waals surface area contributed by atoms with Crippen molar-refractivity contribution in [3.05, 3.63) is 48.0 Å². The van der Waals surface area contributed by atoms with E-state index in [1.54, 1.807) is 29.2 Å². The number of nitrogens with zero attached hydrogens (tertiary/aromatic N) is 3. The first-order chi connectivity index (χ1) is 14.6. The zero-order valence-electron chi connectivity index (χ0n) is 16.6. The highest BCUT2D eigenvalue weighted by Crippen LogP contribution is 2.27. The fourth-order valence-electron chi connectivity index (χ4n) is 3.23. The molecular formula is C21H22N4O5. The summed E-state index contributed by atoms with van der Waals surface area (Å²) in [4.78, 5) is 25.8. The quantitative estimate of drug-likeness (QED) is 0.608. The Balaban J connectivity index is 1.37. The maximum absolute atomic E-state index is 12.7. The smallest absolute Gasteiger partial charge is 0.283 e. The third kappa shape index (κ3) is 4.51. The Labute approximate surface area is 173 Å². The fourth-order valence-corrected chi connectivity index (χ4v) is 3.23. The van der Waals surface area contributed by atoms with Crippen LogP contribution in [0.25, 0.3) is 11.7 Å². The second kappa shape index (κ2) is 8.81. The number of hydrogen-bond donors (Lipinski definition) is 1. The number of aromatic nitrogens is 2. The summed E-state index contributed by atoms with van der Waals surface area (Å²) in [6.07, 6.45) is 3.41. The van der Waals surface area contributed by atoms with E-state index < -0.39 is 0 Å². The summed E-state index contributed by atoms with van der Waals surface area (Å²) in [6.45, 7) is 2.61. The molecule has 0 radical (unpaired) electrons. The van der Waals surface area contributed by atoms with Crippen molar-refractivity contribution in [3.63, 3.8) is 0 Å². The van der Waals surface area contributed by atoms with Crippen LogP contribution in [0, 0.1) is 0 Å². The van der Waals surface area contributed by atoms with Crippen LogP contribution in [0.1, 0.15) is 31.2 Å². The van der Waals surface area contributed by atoms with E-state index in [1.165, 1.54) is 6.26 Å². The average Bonchev–Trinajstić information content (AvgIpc) is 3.43. The number of ether oxygens (including phenoxy) is 1. The second-order valence-electron chi connectivity index (χ2n) is 6.95. The maximum atomic E-state index is 12.7. The number of carbonyl (C=O) groups excluding carboxylic acids is 2. The van der Waals surface area contributed by atoms with Crippen molar-refractivity contribution in [2.24, 2.45) is 0 Å². The van der Waals surface area contributed by atoms with E-state index in [9.17, 15) is 9.59 Å². The molecule has 4 rings (SSSR count). The molecule has 1 N–H and O–H groups in total. The summed E-state index contributed by atoms with van der Waals surface area (Å²) < 4.78 is 16.6. The van der Waals surface area contributed by atoms with Gasteiger partial charge in [0.1, 0.15) is 5.75 Å². The number of hydrogen-bond acceptors (Lipinski definition) is 7. The van der Waals surface area contributed by atoms with Crippen LogP contribution in [-0.4, -0.2) is 40.1 Å². The first-order valence-corrected chi connectivity index (χ1v) is 9.82. The molecule has 9 nitrogen and oxygen atoms in total. The van der Waals surface area contributed by atoms with Crippen LogP contribution in [0.3, 0.4) is 0 Å². The van der Waals surface area contributed by atoms with Gasteiger partial charge in [0.25, 0.3) is 11.8 Å². The number of anilines is 1. The largest absolute Gasteiger partial charge is 0.484 e. The van der Waals surface area contributed by atoms with E-state index in [0.29, 0.717) is 36.8 Å². The molecule has 0 fully saturated rings. The first kappa shape index (κ1) is 19.7.